The summed E-state index contributed by atoms with van der Waals surface area (Å²) in [5.41, 5.74) is 0. The molecular formula is C16H17BrO5S. The molecule has 0 atom stereocenters. The highest BCUT2D eigenvalue weighted by molar-refractivity contribution is 9.10. The Kier molecular flexibility index (Phi) is 8.65. The first kappa shape index (κ1) is 19.4. The number of carbonyl (C=O) groups is 3. The van der Waals surface area contributed by atoms with Crippen LogP contribution in [-0.2, 0) is 23.9 Å². The highest BCUT2D eigenvalue weighted by Crippen LogP contribution is 2.22. The Morgan fingerprint density at radius 3 is 2.17 bits per heavy atom. The van der Waals surface area contributed by atoms with Crippen molar-refractivity contribution in [2.24, 2.45) is 5.92 Å². The molecule has 0 aliphatic rings. The number of hydrogen-bond donors (Lipinski definition) is 0. The van der Waals surface area contributed by atoms with Gasteiger partial charge in [-0.1, -0.05) is 39.8 Å². The van der Waals surface area contributed by atoms with Crippen molar-refractivity contribution in [1.82, 2.24) is 0 Å². The van der Waals surface area contributed by atoms with Crippen LogP contribution in [0.3, 0.4) is 0 Å². The zero-order chi connectivity index (χ0) is 17.2. The third-order valence-corrected chi connectivity index (χ3v) is 4.27. The number of ether oxygens (including phenoxy) is 2. The molecule has 0 fully saturated rings. The molecule has 0 saturated heterocycles. The minimum atomic E-state index is -1.00. The molecular weight excluding hydrogens is 384 g/mol. The average Bonchev–Trinajstić information content (AvgIpc) is 2.55. The highest BCUT2D eigenvalue weighted by atomic mass is 79.9. The van der Waals surface area contributed by atoms with Gasteiger partial charge in [-0.05, 0) is 30.7 Å². The Morgan fingerprint density at radius 1 is 1.09 bits per heavy atom. The van der Waals surface area contributed by atoms with Crippen LogP contribution in [0.2, 0.25) is 0 Å². The van der Waals surface area contributed by atoms with Crippen LogP contribution in [0.15, 0.2) is 45.8 Å². The zero-order valence-corrected chi connectivity index (χ0v) is 15.2. The van der Waals surface area contributed by atoms with E-state index in [0.29, 0.717) is 0 Å². The summed E-state index contributed by atoms with van der Waals surface area (Å²) in [6.07, 6.45) is 3.58. The summed E-state index contributed by atoms with van der Waals surface area (Å²) in [7, 11) is 2.42. The normalized spacial score (nSPS) is 10.8. The smallest absolute Gasteiger partial charge is 0.320 e. The van der Waals surface area contributed by atoms with E-state index in [-0.39, 0.29) is 18.0 Å². The van der Waals surface area contributed by atoms with Gasteiger partial charge in [-0.25, -0.2) is 0 Å². The van der Waals surface area contributed by atoms with E-state index in [1.54, 1.807) is 12.2 Å². The molecule has 1 aromatic carbocycles. The lowest BCUT2D eigenvalue weighted by Gasteiger charge is -2.09. The minimum Gasteiger partial charge on any atom is -0.468 e. The lowest BCUT2D eigenvalue weighted by atomic mass is 10.1. The molecule has 5 nitrogen and oxygen atoms in total. The number of carbonyl (C=O) groups excluding carboxylic acids is 3. The summed E-state index contributed by atoms with van der Waals surface area (Å²) >= 11 is 4.47. The third-order valence-electron chi connectivity index (χ3n) is 2.84. The first-order chi connectivity index (χ1) is 11.0. The summed E-state index contributed by atoms with van der Waals surface area (Å²) in [6.45, 7) is 0. The molecule has 0 bridgehead atoms. The van der Waals surface area contributed by atoms with Crippen molar-refractivity contribution < 1.29 is 23.9 Å². The molecule has 23 heavy (non-hydrogen) atoms. The largest absolute Gasteiger partial charge is 0.468 e. The molecule has 0 aliphatic carbocycles. The molecule has 1 rings (SSSR count). The van der Waals surface area contributed by atoms with E-state index in [2.05, 4.69) is 25.4 Å². The summed E-state index contributed by atoms with van der Waals surface area (Å²) < 4.78 is 10.1. The van der Waals surface area contributed by atoms with Gasteiger partial charge < -0.3 is 9.47 Å². The van der Waals surface area contributed by atoms with Gasteiger partial charge in [0.05, 0.1) is 14.2 Å². The number of methoxy groups -OCH3 is 2. The van der Waals surface area contributed by atoms with Gasteiger partial charge in [-0.3, -0.25) is 14.4 Å². The summed E-state index contributed by atoms with van der Waals surface area (Å²) in [5, 5.41) is -0.0312. The average molecular weight is 401 g/mol. The van der Waals surface area contributed by atoms with Crippen LogP contribution in [0.4, 0.5) is 0 Å². The monoisotopic (exact) mass is 400 g/mol. The van der Waals surface area contributed by atoms with Crippen molar-refractivity contribution in [3.63, 3.8) is 0 Å². The minimum absolute atomic E-state index is 0.0312. The lowest BCUT2D eigenvalue weighted by Crippen LogP contribution is -2.25. The predicted molar refractivity (Wildman–Crippen MR) is 90.9 cm³/mol. The molecule has 1 aromatic rings. The number of rotatable bonds is 7. The van der Waals surface area contributed by atoms with Crippen LogP contribution >= 0.6 is 27.7 Å². The Morgan fingerprint density at radius 2 is 1.65 bits per heavy atom. The number of hydrogen-bond acceptors (Lipinski definition) is 6. The van der Waals surface area contributed by atoms with Crippen LogP contribution in [0.5, 0.6) is 0 Å². The van der Waals surface area contributed by atoms with Gasteiger partial charge in [0.15, 0.2) is 11.0 Å². The lowest BCUT2D eigenvalue weighted by molar-refractivity contribution is -0.158. The van der Waals surface area contributed by atoms with Gasteiger partial charge >= 0.3 is 11.9 Å². The number of thioether (sulfide) groups is 1. The molecule has 7 heteroatoms. The molecule has 0 amide bonds. The second kappa shape index (κ2) is 10.2. The third kappa shape index (κ3) is 7.00. The van der Waals surface area contributed by atoms with Crippen molar-refractivity contribution in [3.05, 3.63) is 40.9 Å². The maximum Gasteiger partial charge on any atom is 0.320 e. The van der Waals surface area contributed by atoms with Gasteiger partial charge in [-0.15, -0.1) is 0 Å². The summed E-state index contributed by atoms with van der Waals surface area (Å²) in [4.78, 5) is 35.6. The van der Waals surface area contributed by atoms with Crippen LogP contribution in [0.25, 0.3) is 0 Å². The van der Waals surface area contributed by atoms with Gasteiger partial charge in [0.2, 0.25) is 0 Å². The van der Waals surface area contributed by atoms with Gasteiger partial charge in [0.25, 0.3) is 0 Å². The maximum atomic E-state index is 11.8. The quantitative estimate of drug-likeness (QED) is 0.302. The van der Waals surface area contributed by atoms with Crippen molar-refractivity contribution in [2.75, 3.05) is 14.2 Å². The SMILES string of the molecule is COC(=O)C(C/C=C/CC(=O)Sc1ccc(Br)cc1)C(=O)OC. The summed E-state index contributed by atoms with van der Waals surface area (Å²) in [6, 6.07) is 7.42. The number of allylic oxidation sites excluding steroid dienone is 2. The van der Waals surface area contributed by atoms with Crippen LogP contribution in [0.1, 0.15) is 12.8 Å². The van der Waals surface area contributed by atoms with E-state index >= 15 is 0 Å². The fourth-order valence-electron chi connectivity index (χ4n) is 1.66. The molecule has 0 heterocycles. The number of esters is 2. The van der Waals surface area contributed by atoms with Crippen LogP contribution < -0.4 is 0 Å². The van der Waals surface area contributed by atoms with Gasteiger partial charge in [0.1, 0.15) is 0 Å². The molecule has 124 valence electrons. The van der Waals surface area contributed by atoms with E-state index in [4.69, 9.17) is 0 Å². The molecule has 0 aliphatic heterocycles. The fraction of sp³-hybridized carbons (Fsp3) is 0.312. The van der Waals surface area contributed by atoms with Crippen LogP contribution in [0, 0.1) is 5.92 Å². The first-order valence-corrected chi connectivity index (χ1v) is 8.35. The fourth-order valence-corrected chi connectivity index (χ4v) is 2.64. The van der Waals surface area contributed by atoms with Crippen LogP contribution in [-0.4, -0.2) is 31.3 Å². The molecule has 0 spiro atoms. The predicted octanol–water partition coefficient (Wildman–Crippen LogP) is 3.37. The van der Waals surface area contributed by atoms with E-state index in [1.807, 2.05) is 24.3 Å². The van der Waals surface area contributed by atoms with Crippen molar-refractivity contribution >= 4 is 44.7 Å². The zero-order valence-electron chi connectivity index (χ0n) is 12.8. The molecule has 0 N–H and O–H groups in total. The van der Waals surface area contributed by atoms with E-state index < -0.39 is 17.9 Å². The molecule has 0 radical (unpaired) electrons. The number of benzene rings is 1. The van der Waals surface area contributed by atoms with Gasteiger partial charge in [-0.2, -0.15) is 0 Å². The second-order valence-electron chi connectivity index (χ2n) is 4.44. The Hall–Kier alpha value is -1.60. The molecule has 0 saturated carbocycles. The van der Waals surface area contributed by atoms with E-state index in [9.17, 15) is 14.4 Å². The maximum absolute atomic E-state index is 11.8. The summed E-state index contributed by atoms with van der Waals surface area (Å²) in [5.74, 6) is -2.32. The Bertz CT molecular complexity index is 567. The highest BCUT2D eigenvalue weighted by Gasteiger charge is 2.27. The Labute approximate surface area is 147 Å². The van der Waals surface area contributed by atoms with Crippen molar-refractivity contribution in [2.45, 2.75) is 17.7 Å². The first-order valence-electron chi connectivity index (χ1n) is 6.74. The topological polar surface area (TPSA) is 69.7 Å². The molecule has 0 unspecified atom stereocenters. The number of halogens is 1. The van der Waals surface area contributed by atoms with Gasteiger partial charge in [0, 0.05) is 15.8 Å². The van der Waals surface area contributed by atoms with E-state index in [1.165, 1.54) is 14.2 Å². The van der Waals surface area contributed by atoms with Crippen molar-refractivity contribution in [3.8, 4) is 0 Å². The second-order valence-corrected chi connectivity index (χ2v) is 6.48. The standard InChI is InChI=1S/C16H17BrO5S/c1-21-15(19)13(16(20)22-2)5-3-4-6-14(18)23-12-9-7-11(17)8-10-12/h3-4,7-10,13H,5-6H2,1-2H3/b4-3+. The Balaban J connectivity index is 2.47. The van der Waals surface area contributed by atoms with E-state index in [0.717, 1.165) is 21.1 Å². The molecule has 0 aromatic heterocycles. The van der Waals surface area contributed by atoms with Crippen molar-refractivity contribution in [1.29, 1.82) is 0 Å².